The molecule has 1 aliphatic rings. The molecule has 0 radical (unpaired) electrons. The highest BCUT2D eigenvalue weighted by Crippen LogP contribution is 2.34. The van der Waals surface area contributed by atoms with Crippen molar-refractivity contribution in [2.45, 2.75) is 19.9 Å². The maximum Gasteiger partial charge on any atom is 0.124 e. The van der Waals surface area contributed by atoms with Gasteiger partial charge in [0.25, 0.3) is 0 Å². The number of benzene rings is 1. The Balaban J connectivity index is 1.37. The fourth-order valence-corrected chi connectivity index (χ4v) is 5.53. The zero-order valence-corrected chi connectivity index (χ0v) is 16.8. The van der Waals surface area contributed by atoms with Crippen LogP contribution < -0.4 is 4.90 Å². The predicted octanol–water partition coefficient (Wildman–Crippen LogP) is 5.87. The second-order valence-electron chi connectivity index (χ2n) is 6.42. The molecule has 0 bridgehead atoms. The Kier molecular flexibility index (Phi) is 4.11. The average molecular weight is 396 g/mol. The molecule has 4 heterocycles. The smallest absolute Gasteiger partial charge is 0.124 e. The average Bonchev–Trinajstić information content (AvgIpc) is 3.42. The van der Waals surface area contributed by atoms with Crippen molar-refractivity contribution in [1.29, 1.82) is 0 Å². The summed E-state index contributed by atoms with van der Waals surface area (Å²) >= 11 is 5.16. The monoisotopic (exact) mass is 395 g/mol. The summed E-state index contributed by atoms with van der Waals surface area (Å²) in [6.45, 7) is 3.99. The second kappa shape index (κ2) is 6.61. The predicted molar refractivity (Wildman–Crippen MR) is 112 cm³/mol. The molecular weight excluding hydrogens is 378 g/mol. The molecule has 4 aromatic rings. The highest BCUT2D eigenvalue weighted by molar-refractivity contribution is 7.14. The first-order valence-electron chi connectivity index (χ1n) is 8.53. The number of hydrogen-bond donors (Lipinski definition) is 0. The van der Waals surface area contributed by atoms with Crippen molar-refractivity contribution < 1.29 is 0 Å². The fourth-order valence-electron chi connectivity index (χ4n) is 3.38. The summed E-state index contributed by atoms with van der Waals surface area (Å²) in [5, 5.41) is 10.8. The number of thiazole rings is 2. The number of hydrogen-bond acceptors (Lipinski definition) is 6. The van der Waals surface area contributed by atoms with Crippen LogP contribution in [-0.2, 0) is 13.0 Å². The first kappa shape index (κ1) is 16.2. The third-order valence-corrected chi connectivity index (χ3v) is 7.06. The van der Waals surface area contributed by atoms with Gasteiger partial charge in [-0.3, -0.25) is 0 Å². The number of rotatable bonds is 4. The molecule has 130 valence electrons. The van der Waals surface area contributed by atoms with E-state index in [0.717, 1.165) is 40.9 Å². The van der Waals surface area contributed by atoms with E-state index in [0.29, 0.717) is 0 Å². The summed E-state index contributed by atoms with van der Waals surface area (Å²) in [6.07, 6.45) is 1.09. The quantitative estimate of drug-likeness (QED) is 0.433. The number of aromatic nitrogens is 2. The van der Waals surface area contributed by atoms with E-state index in [2.05, 4.69) is 62.6 Å². The molecule has 3 nitrogen and oxygen atoms in total. The standard InChI is InChI=1S/C20H17N3S3/c1-13-21-18(12-25-13)14-2-3-19-15(8-14)4-6-23(19)9-17-11-26-20(22-17)16-5-7-24-10-16/h2-3,5,7-8,10-12H,4,6,9H2,1H3. The van der Waals surface area contributed by atoms with Gasteiger partial charge in [0.1, 0.15) is 5.01 Å². The van der Waals surface area contributed by atoms with Crippen molar-refractivity contribution in [1.82, 2.24) is 9.97 Å². The number of nitrogens with zero attached hydrogens (tertiary/aromatic N) is 3. The first-order valence-corrected chi connectivity index (χ1v) is 11.2. The molecule has 1 aliphatic heterocycles. The van der Waals surface area contributed by atoms with E-state index < -0.39 is 0 Å². The Morgan fingerprint density at radius 1 is 1.04 bits per heavy atom. The highest BCUT2D eigenvalue weighted by Gasteiger charge is 2.21. The summed E-state index contributed by atoms with van der Waals surface area (Å²) in [6, 6.07) is 8.89. The van der Waals surface area contributed by atoms with E-state index in [1.165, 1.54) is 22.4 Å². The molecule has 5 rings (SSSR count). The van der Waals surface area contributed by atoms with Gasteiger partial charge in [0, 0.05) is 39.5 Å². The number of aryl methyl sites for hydroxylation is 1. The maximum atomic E-state index is 4.83. The Hall–Kier alpha value is -2.02. The van der Waals surface area contributed by atoms with Crippen LogP contribution in [0.3, 0.4) is 0 Å². The molecule has 0 fully saturated rings. The minimum absolute atomic E-state index is 0.878. The van der Waals surface area contributed by atoms with Crippen LogP contribution in [0.15, 0.2) is 45.8 Å². The van der Waals surface area contributed by atoms with Gasteiger partial charge in [-0.25, -0.2) is 9.97 Å². The van der Waals surface area contributed by atoms with E-state index in [4.69, 9.17) is 4.98 Å². The Bertz CT molecular complexity index is 1050. The molecule has 1 aromatic carbocycles. The van der Waals surface area contributed by atoms with E-state index in [9.17, 15) is 0 Å². The molecule has 0 spiro atoms. The van der Waals surface area contributed by atoms with Crippen LogP contribution in [0.4, 0.5) is 5.69 Å². The molecule has 0 saturated carbocycles. The van der Waals surface area contributed by atoms with Crippen molar-refractivity contribution in [3.05, 3.63) is 62.1 Å². The molecule has 0 saturated heterocycles. The van der Waals surface area contributed by atoms with E-state index in [-0.39, 0.29) is 0 Å². The Morgan fingerprint density at radius 2 is 2.00 bits per heavy atom. The van der Waals surface area contributed by atoms with Crippen LogP contribution >= 0.6 is 34.0 Å². The molecule has 0 unspecified atom stereocenters. The molecule has 6 heteroatoms. The first-order chi connectivity index (χ1) is 12.8. The second-order valence-corrected chi connectivity index (χ2v) is 9.12. The summed E-state index contributed by atoms with van der Waals surface area (Å²) in [5.41, 5.74) is 7.46. The third kappa shape index (κ3) is 2.98. The van der Waals surface area contributed by atoms with Crippen LogP contribution in [0.1, 0.15) is 16.3 Å². The van der Waals surface area contributed by atoms with Crippen LogP contribution in [0.2, 0.25) is 0 Å². The van der Waals surface area contributed by atoms with E-state index in [1.54, 1.807) is 34.0 Å². The zero-order chi connectivity index (χ0) is 17.5. The van der Waals surface area contributed by atoms with Gasteiger partial charge in [-0.1, -0.05) is 6.07 Å². The van der Waals surface area contributed by atoms with Gasteiger partial charge in [-0.05, 0) is 42.5 Å². The van der Waals surface area contributed by atoms with Crippen molar-refractivity contribution in [2.75, 3.05) is 11.4 Å². The van der Waals surface area contributed by atoms with Gasteiger partial charge in [0.05, 0.1) is 22.9 Å². The topological polar surface area (TPSA) is 29.0 Å². The van der Waals surface area contributed by atoms with Crippen LogP contribution in [0, 0.1) is 6.92 Å². The Morgan fingerprint density at radius 3 is 2.81 bits per heavy atom. The number of thiophene rings is 1. The summed E-state index contributed by atoms with van der Waals surface area (Å²) in [4.78, 5) is 11.9. The fraction of sp³-hybridized carbons (Fsp3) is 0.200. The minimum atomic E-state index is 0.878. The van der Waals surface area contributed by atoms with Crippen LogP contribution in [-0.4, -0.2) is 16.5 Å². The van der Waals surface area contributed by atoms with Gasteiger partial charge in [-0.2, -0.15) is 11.3 Å². The van der Waals surface area contributed by atoms with Crippen LogP contribution in [0.5, 0.6) is 0 Å². The number of fused-ring (bicyclic) bond motifs is 1. The van der Waals surface area contributed by atoms with E-state index >= 15 is 0 Å². The van der Waals surface area contributed by atoms with Gasteiger partial charge < -0.3 is 4.90 Å². The van der Waals surface area contributed by atoms with Gasteiger partial charge >= 0.3 is 0 Å². The largest absolute Gasteiger partial charge is 0.365 e. The highest BCUT2D eigenvalue weighted by atomic mass is 32.1. The SMILES string of the molecule is Cc1nc(-c2ccc3c(c2)CCN3Cc2csc(-c3ccsc3)n2)cs1. The lowest BCUT2D eigenvalue weighted by Gasteiger charge is -2.18. The Labute approximate surface area is 164 Å². The van der Waals surface area contributed by atoms with Crippen molar-refractivity contribution in [3.63, 3.8) is 0 Å². The normalized spacial score (nSPS) is 13.3. The van der Waals surface area contributed by atoms with Crippen molar-refractivity contribution in [3.8, 4) is 21.8 Å². The van der Waals surface area contributed by atoms with E-state index in [1.807, 2.05) is 0 Å². The van der Waals surface area contributed by atoms with Crippen molar-refractivity contribution in [2.24, 2.45) is 0 Å². The third-order valence-electron chi connectivity index (χ3n) is 4.66. The lowest BCUT2D eigenvalue weighted by atomic mass is 10.1. The lowest BCUT2D eigenvalue weighted by Crippen LogP contribution is -2.19. The summed E-state index contributed by atoms with van der Waals surface area (Å²) in [7, 11) is 0. The minimum Gasteiger partial charge on any atom is -0.365 e. The summed E-state index contributed by atoms with van der Waals surface area (Å²) < 4.78 is 0. The maximum absolute atomic E-state index is 4.83. The number of anilines is 1. The molecule has 3 aromatic heterocycles. The molecule has 0 atom stereocenters. The molecule has 0 aliphatic carbocycles. The molecule has 26 heavy (non-hydrogen) atoms. The van der Waals surface area contributed by atoms with Gasteiger partial charge in [0.2, 0.25) is 0 Å². The zero-order valence-electron chi connectivity index (χ0n) is 14.3. The van der Waals surface area contributed by atoms with Gasteiger partial charge in [-0.15, -0.1) is 22.7 Å². The molecule has 0 N–H and O–H groups in total. The van der Waals surface area contributed by atoms with Crippen LogP contribution in [0.25, 0.3) is 21.8 Å². The van der Waals surface area contributed by atoms with Gasteiger partial charge in [0.15, 0.2) is 0 Å². The van der Waals surface area contributed by atoms with Crippen molar-refractivity contribution >= 4 is 39.7 Å². The summed E-state index contributed by atoms with van der Waals surface area (Å²) in [5.74, 6) is 0. The molecule has 0 amide bonds. The molecular formula is C20H17N3S3. The lowest BCUT2D eigenvalue weighted by molar-refractivity contribution is 0.820.